The Labute approximate surface area is 77.8 Å². The van der Waals surface area contributed by atoms with Crippen molar-refractivity contribution in [2.45, 2.75) is 39.7 Å². The number of hydrogen-bond donors (Lipinski definition) is 1. The SMILES string of the molecule is CCc1sc([C@H](N)CC)nc1C. The minimum absolute atomic E-state index is 0.133. The second kappa shape index (κ2) is 4.01. The molecule has 0 bridgehead atoms. The predicted molar refractivity (Wildman–Crippen MR) is 53.4 cm³/mol. The largest absolute Gasteiger partial charge is 0.322 e. The molecule has 0 aliphatic heterocycles. The van der Waals surface area contributed by atoms with Crippen LogP contribution in [0.1, 0.15) is 41.9 Å². The van der Waals surface area contributed by atoms with Gasteiger partial charge < -0.3 is 5.73 Å². The fraction of sp³-hybridized carbons (Fsp3) is 0.667. The Bertz CT molecular complexity index is 255. The molecule has 0 saturated carbocycles. The molecule has 0 unspecified atom stereocenters. The number of nitrogens with zero attached hydrogens (tertiary/aromatic N) is 1. The van der Waals surface area contributed by atoms with Crippen LogP contribution in [0.5, 0.6) is 0 Å². The zero-order valence-electron chi connectivity index (χ0n) is 7.92. The van der Waals surface area contributed by atoms with E-state index in [2.05, 4.69) is 25.8 Å². The van der Waals surface area contributed by atoms with Gasteiger partial charge in [-0.25, -0.2) is 4.98 Å². The Kier molecular flexibility index (Phi) is 3.23. The summed E-state index contributed by atoms with van der Waals surface area (Å²) in [5.74, 6) is 0. The van der Waals surface area contributed by atoms with Gasteiger partial charge in [0, 0.05) is 4.88 Å². The highest BCUT2D eigenvalue weighted by Crippen LogP contribution is 2.23. The third-order valence-electron chi connectivity index (χ3n) is 1.99. The summed E-state index contributed by atoms with van der Waals surface area (Å²) < 4.78 is 0. The first-order chi connectivity index (χ1) is 5.69. The maximum absolute atomic E-state index is 5.88. The Morgan fingerprint density at radius 3 is 2.58 bits per heavy atom. The summed E-state index contributed by atoms with van der Waals surface area (Å²) in [4.78, 5) is 5.82. The molecule has 0 saturated heterocycles. The molecule has 1 aromatic heterocycles. The third kappa shape index (κ3) is 1.84. The summed E-state index contributed by atoms with van der Waals surface area (Å²) in [6, 6.07) is 0.133. The normalized spacial score (nSPS) is 13.3. The van der Waals surface area contributed by atoms with E-state index < -0.39 is 0 Å². The summed E-state index contributed by atoms with van der Waals surface area (Å²) >= 11 is 1.76. The van der Waals surface area contributed by atoms with E-state index in [1.54, 1.807) is 11.3 Å². The van der Waals surface area contributed by atoms with Crippen molar-refractivity contribution in [1.82, 2.24) is 4.98 Å². The van der Waals surface area contributed by atoms with Crippen molar-refractivity contribution in [2.75, 3.05) is 0 Å². The second-order valence-corrected chi connectivity index (χ2v) is 4.04. The van der Waals surface area contributed by atoms with E-state index in [4.69, 9.17) is 5.73 Å². The first-order valence-electron chi connectivity index (χ1n) is 4.40. The van der Waals surface area contributed by atoms with E-state index in [0.717, 1.165) is 23.5 Å². The van der Waals surface area contributed by atoms with Crippen LogP contribution in [0, 0.1) is 6.92 Å². The minimum atomic E-state index is 0.133. The maximum Gasteiger partial charge on any atom is 0.110 e. The van der Waals surface area contributed by atoms with Crippen LogP contribution in [0.3, 0.4) is 0 Å². The van der Waals surface area contributed by atoms with Crippen LogP contribution in [0.2, 0.25) is 0 Å². The number of aryl methyl sites for hydroxylation is 2. The standard InChI is InChI=1S/C9H16N2S/c1-4-7(10)9-11-6(3)8(5-2)12-9/h7H,4-5,10H2,1-3H3/t7-/m1/s1. The molecule has 1 atom stereocenters. The summed E-state index contributed by atoms with van der Waals surface area (Å²) in [5.41, 5.74) is 7.03. The molecule has 0 amide bonds. The fourth-order valence-corrected chi connectivity index (χ4v) is 2.20. The first kappa shape index (κ1) is 9.68. The Morgan fingerprint density at radius 1 is 1.50 bits per heavy atom. The molecule has 0 spiro atoms. The molecule has 68 valence electrons. The van der Waals surface area contributed by atoms with Gasteiger partial charge in [-0.3, -0.25) is 0 Å². The van der Waals surface area contributed by atoms with Gasteiger partial charge in [-0.05, 0) is 19.8 Å². The van der Waals surface area contributed by atoms with Gasteiger partial charge in [0.1, 0.15) is 5.01 Å². The highest BCUT2D eigenvalue weighted by atomic mass is 32.1. The topological polar surface area (TPSA) is 38.9 Å². The summed E-state index contributed by atoms with van der Waals surface area (Å²) in [7, 11) is 0. The molecule has 2 N–H and O–H groups in total. The second-order valence-electron chi connectivity index (χ2n) is 2.93. The van der Waals surface area contributed by atoms with E-state index in [-0.39, 0.29) is 6.04 Å². The number of hydrogen-bond acceptors (Lipinski definition) is 3. The number of aromatic nitrogens is 1. The molecule has 3 heteroatoms. The van der Waals surface area contributed by atoms with Gasteiger partial charge in [0.25, 0.3) is 0 Å². The van der Waals surface area contributed by atoms with Gasteiger partial charge in [0.05, 0.1) is 11.7 Å². The van der Waals surface area contributed by atoms with Crippen LogP contribution < -0.4 is 5.73 Å². The zero-order chi connectivity index (χ0) is 9.14. The monoisotopic (exact) mass is 184 g/mol. The molecule has 1 aromatic rings. The van der Waals surface area contributed by atoms with E-state index in [0.29, 0.717) is 0 Å². The summed E-state index contributed by atoms with van der Waals surface area (Å²) in [6.07, 6.45) is 2.04. The lowest BCUT2D eigenvalue weighted by Gasteiger charge is -2.01. The van der Waals surface area contributed by atoms with Crippen molar-refractivity contribution in [3.05, 3.63) is 15.6 Å². The van der Waals surface area contributed by atoms with Crippen molar-refractivity contribution in [1.29, 1.82) is 0 Å². The average molecular weight is 184 g/mol. The van der Waals surface area contributed by atoms with Crippen LogP contribution in [0.4, 0.5) is 0 Å². The van der Waals surface area contributed by atoms with E-state index >= 15 is 0 Å². The fourth-order valence-electron chi connectivity index (χ4n) is 1.11. The van der Waals surface area contributed by atoms with Crippen LogP contribution >= 0.6 is 11.3 Å². The molecule has 1 heterocycles. The quantitative estimate of drug-likeness (QED) is 0.783. The van der Waals surface area contributed by atoms with E-state index in [1.165, 1.54) is 4.88 Å². The molecular formula is C9H16N2S. The smallest absolute Gasteiger partial charge is 0.110 e. The highest BCUT2D eigenvalue weighted by Gasteiger charge is 2.10. The summed E-state index contributed by atoms with van der Waals surface area (Å²) in [6.45, 7) is 6.30. The van der Waals surface area contributed by atoms with E-state index in [1.807, 2.05) is 0 Å². The molecule has 1 rings (SSSR count). The molecule has 12 heavy (non-hydrogen) atoms. The number of thiazole rings is 1. The van der Waals surface area contributed by atoms with Gasteiger partial charge in [0.2, 0.25) is 0 Å². The first-order valence-corrected chi connectivity index (χ1v) is 5.22. The van der Waals surface area contributed by atoms with Crippen LogP contribution in [-0.2, 0) is 6.42 Å². The van der Waals surface area contributed by atoms with Crippen molar-refractivity contribution >= 4 is 11.3 Å². The van der Waals surface area contributed by atoms with Gasteiger partial charge in [-0.15, -0.1) is 11.3 Å². The molecule has 2 nitrogen and oxygen atoms in total. The van der Waals surface area contributed by atoms with Crippen molar-refractivity contribution < 1.29 is 0 Å². The van der Waals surface area contributed by atoms with Crippen molar-refractivity contribution in [3.8, 4) is 0 Å². The van der Waals surface area contributed by atoms with E-state index in [9.17, 15) is 0 Å². The Hall–Kier alpha value is -0.410. The van der Waals surface area contributed by atoms with Crippen LogP contribution in [0.15, 0.2) is 0 Å². The minimum Gasteiger partial charge on any atom is -0.322 e. The molecule has 0 aliphatic rings. The predicted octanol–water partition coefficient (Wildman–Crippen LogP) is 2.42. The molecule has 0 aromatic carbocycles. The Morgan fingerprint density at radius 2 is 2.17 bits per heavy atom. The van der Waals surface area contributed by atoms with Gasteiger partial charge in [-0.1, -0.05) is 13.8 Å². The molecule has 0 fully saturated rings. The van der Waals surface area contributed by atoms with Gasteiger partial charge in [0.15, 0.2) is 0 Å². The van der Waals surface area contributed by atoms with Crippen molar-refractivity contribution in [3.63, 3.8) is 0 Å². The molecular weight excluding hydrogens is 168 g/mol. The maximum atomic E-state index is 5.88. The zero-order valence-corrected chi connectivity index (χ0v) is 8.74. The number of nitrogens with two attached hydrogens (primary N) is 1. The lowest BCUT2D eigenvalue weighted by Crippen LogP contribution is -2.07. The van der Waals surface area contributed by atoms with Crippen LogP contribution in [-0.4, -0.2) is 4.98 Å². The molecule has 0 aliphatic carbocycles. The lowest BCUT2D eigenvalue weighted by molar-refractivity contribution is 0.691. The summed E-state index contributed by atoms with van der Waals surface area (Å²) in [5, 5.41) is 1.09. The lowest BCUT2D eigenvalue weighted by atomic mass is 10.2. The van der Waals surface area contributed by atoms with Crippen LogP contribution in [0.25, 0.3) is 0 Å². The Balaban J connectivity index is 2.88. The van der Waals surface area contributed by atoms with Crippen molar-refractivity contribution in [2.24, 2.45) is 5.73 Å². The highest BCUT2D eigenvalue weighted by molar-refractivity contribution is 7.11. The average Bonchev–Trinajstić information content (AvgIpc) is 2.45. The third-order valence-corrected chi connectivity index (χ3v) is 3.42. The molecule has 0 radical (unpaired) electrons. The van der Waals surface area contributed by atoms with Gasteiger partial charge in [-0.2, -0.15) is 0 Å². The number of rotatable bonds is 3. The van der Waals surface area contributed by atoms with Gasteiger partial charge >= 0.3 is 0 Å².